The molecule has 0 bridgehead atoms. The fourth-order valence-corrected chi connectivity index (χ4v) is 1.44. The summed E-state index contributed by atoms with van der Waals surface area (Å²) in [6, 6.07) is 6.50. The fourth-order valence-electron chi connectivity index (χ4n) is 1.21. The van der Waals surface area contributed by atoms with Gasteiger partial charge in [0, 0.05) is 5.56 Å². The Morgan fingerprint density at radius 3 is 2.73 bits per heavy atom. The summed E-state index contributed by atoms with van der Waals surface area (Å²) in [7, 11) is 0. The summed E-state index contributed by atoms with van der Waals surface area (Å²) in [5.41, 5.74) is 5.98. The van der Waals surface area contributed by atoms with E-state index >= 15 is 0 Å². The van der Waals surface area contributed by atoms with Gasteiger partial charge in [-0.1, -0.05) is 37.3 Å². The lowest BCUT2D eigenvalue weighted by atomic mass is 10.2. The molecule has 0 saturated carbocycles. The zero-order valence-electron chi connectivity index (χ0n) is 8.57. The van der Waals surface area contributed by atoms with Crippen LogP contribution in [0.1, 0.15) is 18.9 Å². The highest BCUT2D eigenvalue weighted by Gasteiger charge is 2.10. The molecule has 4 heteroatoms. The molecule has 1 aromatic carbocycles. The lowest BCUT2D eigenvalue weighted by Crippen LogP contribution is -2.28. The lowest BCUT2D eigenvalue weighted by Gasteiger charge is -2.14. The Labute approximate surface area is 94.2 Å². The number of rotatable bonds is 5. The van der Waals surface area contributed by atoms with Crippen molar-refractivity contribution in [2.75, 3.05) is 0 Å². The van der Waals surface area contributed by atoms with E-state index in [1.165, 1.54) is 6.07 Å². The smallest absolute Gasteiger partial charge is 0.128 e. The third kappa shape index (κ3) is 3.57. The van der Waals surface area contributed by atoms with Crippen LogP contribution in [-0.2, 0) is 11.3 Å². The van der Waals surface area contributed by atoms with Crippen molar-refractivity contribution in [3.05, 3.63) is 35.6 Å². The molecule has 0 heterocycles. The van der Waals surface area contributed by atoms with Crippen LogP contribution < -0.4 is 5.73 Å². The molecule has 0 saturated heterocycles. The van der Waals surface area contributed by atoms with Gasteiger partial charge in [-0.25, -0.2) is 4.39 Å². The van der Waals surface area contributed by atoms with E-state index in [1.54, 1.807) is 18.2 Å². The number of halogens is 1. The molecule has 82 valence electrons. The Morgan fingerprint density at radius 1 is 1.53 bits per heavy atom. The minimum atomic E-state index is -0.278. The maximum absolute atomic E-state index is 13.2. The molecule has 0 radical (unpaired) electrons. The summed E-state index contributed by atoms with van der Waals surface area (Å²) in [6.07, 6.45) is 0.420. The highest BCUT2D eigenvalue weighted by atomic mass is 32.1. The predicted molar refractivity (Wildman–Crippen MR) is 62.1 cm³/mol. The van der Waals surface area contributed by atoms with Gasteiger partial charge >= 0.3 is 0 Å². The van der Waals surface area contributed by atoms with E-state index in [4.69, 9.17) is 22.7 Å². The molecule has 1 atom stereocenters. The number of hydrogen-bond acceptors (Lipinski definition) is 2. The normalized spacial score (nSPS) is 12.4. The Hall–Kier alpha value is -1.00. The zero-order chi connectivity index (χ0) is 11.3. The van der Waals surface area contributed by atoms with Crippen LogP contribution in [0.3, 0.4) is 0 Å². The van der Waals surface area contributed by atoms with Gasteiger partial charge in [0.05, 0.1) is 6.61 Å². The van der Waals surface area contributed by atoms with Crippen LogP contribution in [0.15, 0.2) is 24.3 Å². The minimum absolute atomic E-state index is 0.197. The molecule has 0 fully saturated rings. The fraction of sp³-hybridized carbons (Fsp3) is 0.364. The van der Waals surface area contributed by atoms with Gasteiger partial charge in [0.25, 0.3) is 0 Å². The van der Waals surface area contributed by atoms with E-state index < -0.39 is 0 Å². The van der Waals surface area contributed by atoms with Crippen molar-refractivity contribution in [2.24, 2.45) is 5.73 Å². The average molecular weight is 227 g/mol. The Morgan fingerprint density at radius 2 is 2.20 bits per heavy atom. The highest BCUT2D eigenvalue weighted by Crippen LogP contribution is 2.10. The highest BCUT2D eigenvalue weighted by molar-refractivity contribution is 7.80. The minimum Gasteiger partial charge on any atom is -0.391 e. The van der Waals surface area contributed by atoms with Crippen molar-refractivity contribution >= 4 is 17.2 Å². The molecule has 0 aliphatic rings. The Balaban J connectivity index is 2.56. The van der Waals surface area contributed by atoms with Crippen molar-refractivity contribution in [3.8, 4) is 0 Å². The summed E-state index contributed by atoms with van der Waals surface area (Å²) in [6.45, 7) is 2.12. The molecule has 0 aliphatic carbocycles. The molecule has 2 N–H and O–H groups in total. The molecule has 0 aliphatic heterocycles. The van der Waals surface area contributed by atoms with Crippen molar-refractivity contribution in [1.29, 1.82) is 0 Å². The first kappa shape index (κ1) is 12.1. The molecule has 2 nitrogen and oxygen atoms in total. The van der Waals surface area contributed by atoms with E-state index in [2.05, 4.69) is 0 Å². The standard InChI is InChI=1S/C11H14FNOS/c1-2-10(11(13)15)14-7-8-5-3-4-6-9(8)12/h3-6,10H,2,7H2,1H3,(H2,13,15). The van der Waals surface area contributed by atoms with E-state index in [1.807, 2.05) is 6.92 Å². The Kier molecular flexibility index (Phi) is 4.65. The molecule has 1 rings (SSSR count). The summed E-state index contributed by atoms with van der Waals surface area (Å²) in [5, 5.41) is 0. The summed E-state index contributed by atoms with van der Waals surface area (Å²) in [5.74, 6) is -0.268. The second kappa shape index (κ2) is 5.78. The summed E-state index contributed by atoms with van der Waals surface area (Å²) >= 11 is 4.82. The van der Waals surface area contributed by atoms with E-state index in [0.717, 1.165) is 0 Å². The van der Waals surface area contributed by atoms with Crippen molar-refractivity contribution in [1.82, 2.24) is 0 Å². The van der Waals surface area contributed by atoms with Crippen LogP contribution in [-0.4, -0.2) is 11.1 Å². The number of benzene rings is 1. The third-order valence-corrected chi connectivity index (χ3v) is 2.35. The van der Waals surface area contributed by atoms with Crippen LogP contribution in [0.2, 0.25) is 0 Å². The van der Waals surface area contributed by atoms with Crippen LogP contribution >= 0.6 is 12.2 Å². The zero-order valence-corrected chi connectivity index (χ0v) is 9.39. The first-order valence-corrected chi connectivity index (χ1v) is 5.20. The molecular formula is C11H14FNOS. The van der Waals surface area contributed by atoms with Gasteiger partial charge in [-0.3, -0.25) is 0 Å². The lowest BCUT2D eigenvalue weighted by molar-refractivity contribution is 0.0810. The first-order chi connectivity index (χ1) is 7.15. The molecule has 0 aromatic heterocycles. The van der Waals surface area contributed by atoms with Crippen LogP contribution in [0.25, 0.3) is 0 Å². The van der Waals surface area contributed by atoms with Gasteiger partial charge in [-0.2, -0.15) is 0 Å². The van der Waals surface area contributed by atoms with E-state index in [-0.39, 0.29) is 18.5 Å². The van der Waals surface area contributed by atoms with Crippen LogP contribution in [0.4, 0.5) is 4.39 Å². The second-order valence-electron chi connectivity index (χ2n) is 3.20. The average Bonchev–Trinajstić information content (AvgIpc) is 2.21. The molecular weight excluding hydrogens is 213 g/mol. The van der Waals surface area contributed by atoms with Gasteiger partial charge in [0.15, 0.2) is 0 Å². The Bertz CT molecular complexity index is 343. The second-order valence-corrected chi connectivity index (χ2v) is 3.67. The molecule has 0 spiro atoms. The molecule has 1 unspecified atom stereocenters. The number of ether oxygens (including phenoxy) is 1. The third-order valence-electron chi connectivity index (χ3n) is 2.09. The molecule has 1 aromatic rings. The number of nitrogens with two attached hydrogens (primary N) is 1. The van der Waals surface area contributed by atoms with Gasteiger partial charge in [0.1, 0.15) is 16.9 Å². The van der Waals surface area contributed by atoms with Crippen molar-refractivity contribution in [3.63, 3.8) is 0 Å². The SMILES string of the molecule is CCC(OCc1ccccc1F)C(N)=S. The van der Waals surface area contributed by atoms with Crippen molar-refractivity contribution in [2.45, 2.75) is 26.1 Å². The van der Waals surface area contributed by atoms with Gasteiger partial charge in [0.2, 0.25) is 0 Å². The maximum atomic E-state index is 13.2. The van der Waals surface area contributed by atoms with E-state index in [0.29, 0.717) is 17.0 Å². The quantitative estimate of drug-likeness (QED) is 0.784. The van der Waals surface area contributed by atoms with Crippen LogP contribution in [0, 0.1) is 5.82 Å². The maximum Gasteiger partial charge on any atom is 0.128 e. The van der Waals surface area contributed by atoms with Gasteiger partial charge in [-0.15, -0.1) is 0 Å². The summed E-state index contributed by atoms with van der Waals surface area (Å²) < 4.78 is 18.6. The monoisotopic (exact) mass is 227 g/mol. The number of thiocarbonyl (C=S) groups is 1. The van der Waals surface area contributed by atoms with Gasteiger partial charge < -0.3 is 10.5 Å². The number of hydrogen-bond donors (Lipinski definition) is 1. The predicted octanol–water partition coefficient (Wildman–Crippen LogP) is 2.41. The molecule has 15 heavy (non-hydrogen) atoms. The summed E-state index contributed by atoms with van der Waals surface area (Å²) in [4.78, 5) is 0.314. The van der Waals surface area contributed by atoms with Gasteiger partial charge in [-0.05, 0) is 12.5 Å². The topological polar surface area (TPSA) is 35.2 Å². The first-order valence-electron chi connectivity index (χ1n) is 4.79. The van der Waals surface area contributed by atoms with Crippen LogP contribution in [0.5, 0.6) is 0 Å². The largest absolute Gasteiger partial charge is 0.391 e. The van der Waals surface area contributed by atoms with Crippen molar-refractivity contribution < 1.29 is 9.13 Å². The molecule has 0 amide bonds. The van der Waals surface area contributed by atoms with E-state index in [9.17, 15) is 4.39 Å².